The van der Waals surface area contributed by atoms with Crippen LogP contribution in [0.1, 0.15) is 112 Å². The number of hydrogen-bond donors (Lipinski definition) is 0. The van der Waals surface area contributed by atoms with Gasteiger partial charge in [-0.25, -0.2) is 0 Å². The third kappa shape index (κ3) is 3.55. The van der Waals surface area contributed by atoms with Crippen molar-refractivity contribution in [1.29, 1.82) is 0 Å². The third-order valence-corrected chi connectivity index (χ3v) is 11.3. The van der Waals surface area contributed by atoms with E-state index in [1.165, 1.54) is 64.2 Å². The van der Waals surface area contributed by atoms with Gasteiger partial charge in [-0.05, 0) is 90.8 Å². The minimum absolute atomic E-state index is 0.329. The number of carbonyl (C=O) groups excluding carboxylic acids is 1. The van der Waals surface area contributed by atoms with Gasteiger partial charge in [0.2, 0.25) is 0 Å². The highest BCUT2D eigenvalue weighted by Gasteiger charge is 2.61. The van der Waals surface area contributed by atoms with Gasteiger partial charge in [-0.1, -0.05) is 67.2 Å². The summed E-state index contributed by atoms with van der Waals surface area (Å²) in [5, 5.41) is 0. The summed E-state index contributed by atoms with van der Waals surface area (Å²) in [6.45, 7) is 14.9. The van der Waals surface area contributed by atoms with Crippen LogP contribution in [0.4, 0.5) is 0 Å². The van der Waals surface area contributed by atoms with Gasteiger partial charge >= 0.3 is 0 Å². The Morgan fingerprint density at radius 2 is 1.59 bits per heavy atom. The first-order valence-electron chi connectivity index (χ1n) is 13.2. The summed E-state index contributed by atoms with van der Waals surface area (Å²) < 4.78 is 0. The minimum atomic E-state index is 0.329. The van der Waals surface area contributed by atoms with Crippen molar-refractivity contribution in [1.82, 2.24) is 0 Å². The highest BCUT2D eigenvalue weighted by molar-refractivity contribution is 5.83. The number of fused-ring (bicyclic) bond motifs is 5. The molecule has 0 heterocycles. The summed E-state index contributed by atoms with van der Waals surface area (Å²) in [5.74, 6) is 6.79. The SMILES string of the molecule is CC(C)[C@@H](C)CC[C@@H](C)[C@H]1CC[C@H]2[C@@H]3CC(=O)C4CCCC[C@]4(C)[C@H]3CC[C@]12C. The van der Waals surface area contributed by atoms with Crippen molar-refractivity contribution in [2.45, 2.75) is 112 Å². The van der Waals surface area contributed by atoms with Crippen LogP contribution in [0, 0.1) is 58.2 Å². The van der Waals surface area contributed by atoms with E-state index in [2.05, 4.69) is 41.5 Å². The number of hydrogen-bond acceptors (Lipinski definition) is 1. The van der Waals surface area contributed by atoms with Crippen molar-refractivity contribution >= 4 is 5.78 Å². The maximum absolute atomic E-state index is 13.2. The molecule has 0 aromatic rings. The molecule has 9 atom stereocenters. The second-order valence-electron chi connectivity index (χ2n) is 12.9. The van der Waals surface area contributed by atoms with Crippen LogP contribution in [0.2, 0.25) is 0 Å². The molecule has 4 rings (SSSR count). The lowest BCUT2D eigenvalue weighted by atomic mass is 9.44. The summed E-state index contributed by atoms with van der Waals surface area (Å²) >= 11 is 0. The van der Waals surface area contributed by atoms with E-state index in [0.29, 0.717) is 28.4 Å². The molecule has 0 N–H and O–H groups in total. The molecule has 0 aliphatic heterocycles. The van der Waals surface area contributed by atoms with Crippen LogP contribution < -0.4 is 0 Å². The fraction of sp³-hybridized carbons (Fsp3) is 0.964. The summed E-state index contributed by atoms with van der Waals surface area (Å²) in [6, 6.07) is 0. The van der Waals surface area contributed by atoms with Gasteiger partial charge in [0, 0.05) is 12.3 Å². The van der Waals surface area contributed by atoms with Crippen molar-refractivity contribution in [3.05, 3.63) is 0 Å². The van der Waals surface area contributed by atoms with Gasteiger partial charge in [-0.3, -0.25) is 4.79 Å². The summed E-state index contributed by atoms with van der Waals surface area (Å²) in [5.41, 5.74) is 0.829. The monoisotopic (exact) mass is 400 g/mol. The van der Waals surface area contributed by atoms with Crippen molar-refractivity contribution in [3.8, 4) is 0 Å². The third-order valence-electron chi connectivity index (χ3n) is 11.3. The lowest BCUT2D eigenvalue weighted by Gasteiger charge is -2.60. The maximum Gasteiger partial charge on any atom is 0.136 e. The molecule has 166 valence electrons. The summed E-state index contributed by atoms with van der Waals surface area (Å²) in [7, 11) is 0. The molecule has 4 aliphatic rings. The maximum atomic E-state index is 13.2. The fourth-order valence-electron chi connectivity index (χ4n) is 9.13. The molecular weight excluding hydrogens is 352 g/mol. The summed E-state index contributed by atoms with van der Waals surface area (Å²) in [4.78, 5) is 13.2. The van der Waals surface area contributed by atoms with Crippen LogP contribution in [0.15, 0.2) is 0 Å². The Bertz CT molecular complexity index is 607. The average molecular weight is 401 g/mol. The Morgan fingerprint density at radius 3 is 2.31 bits per heavy atom. The topological polar surface area (TPSA) is 17.1 Å². The second kappa shape index (κ2) is 7.98. The predicted octanol–water partition coefficient (Wildman–Crippen LogP) is 7.92. The zero-order valence-electron chi connectivity index (χ0n) is 20.3. The van der Waals surface area contributed by atoms with Gasteiger partial charge in [0.25, 0.3) is 0 Å². The number of Topliss-reactive ketones (excluding diaryl/α,β-unsaturated/α-hetero) is 1. The normalized spacial score (nSPS) is 46.7. The Labute approximate surface area is 181 Å². The van der Waals surface area contributed by atoms with Crippen molar-refractivity contribution in [2.75, 3.05) is 0 Å². The highest BCUT2D eigenvalue weighted by Crippen LogP contribution is 2.67. The largest absolute Gasteiger partial charge is 0.299 e. The molecule has 1 nitrogen and oxygen atoms in total. The number of rotatable bonds is 5. The highest BCUT2D eigenvalue weighted by atomic mass is 16.1. The smallest absolute Gasteiger partial charge is 0.136 e. The quantitative estimate of drug-likeness (QED) is 0.458. The first-order valence-corrected chi connectivity index (χ1v) is 13.2. The van der Waals surface area contributed by atoms with Crippen LogP contribution in [-0.2, 0) is 4.79 Å². The Morgan fingerprint density at radius 1 is 0.862 bits per heavy atom. The Hall–Kier alpha value is -0.330. The molecule has 4 saturated carbocycles. The van der Waals surface area contributed by atoms with Crippen LogP contribution >= 0.6 is 0 Å². The number of carbonyl (C=O) groups is 1. The Kier molecular flexibility index (Phi) is 6.02. The van der Waals surface area contributed by atoms with Gasteiger partial charge in [-0.2, -0.15) is 0 Å². The van der Waals surface area contributed by atoms with Crippen molar-refractivity contribution < 1.29 is 4.79 Å². The van der Waals surface area contributed by atoms with E-state index in [0.717, 1.165) is 41.9 Å². The molecule has 0 saturated heterocycles. The van der Waals surface area contributed by atoms with E-state index >= 15 is 0 Å². The van der Waals surface area contributed by atoms with E-state index in [9.17, 15) is 4.79 Å². The number of ketones is 1. The molecule has 1 unspecified atom stereocenters. The van der Waals surface area contributed by atoms with E-state index in [1.807, 2.05) is 0 Å². The minimum Gasteiger partial charge on any atom is -0.299 e. The van der Waals surface area contributed by atoms with E-state index < -0.39 is 0 Å². The van der Waals surface area contributed by atoms with Crippen LogP contribution in [0.5, 0.6) is 0 Å². The van der Waals surface area contributed by atoms with Gasteiger partial charge in [-0.15, -0.1) is 0 Å². The molecule has 0 bridgehead atoms. The fourth-order valence-corrected chi connectivity index (χ4v) is 9.13. The molecule has 0 amide bonds. The average Bonchev–Trinajstić information content (AvgIpc) is 3.03. The van der Waals surface area contributed by atoms with Gasteiger partial charge < -0.3 is 0 Å². The molecule has 4 aliphatic carbocycles. The zero-order valence-corrected chi connectivity index (χ0v) is 20.3. The van der Waals surface area contributed by atoms with Gasteiger partial charge in [0.05, 0.1) is 0 Å². The van der Waals surface area contributed by atoms with Crippen molar-refractivity contribution in [3.63, 3.8) is 0 Å². The lowest BCUT2D eigenvalue weighted by Crippen LogP contribution is -2.56. The Balaban J connectivity index is 1.50. The molecule has 0 radical (unpaired) electrons. The molecule has 0 aromatic carbocycles. The molecule has 4 fully saturated rings. The lowest BCUT2D eigenvalue weighted by molar-refractivity contribution is -0.154. The van der Waals surface area contributed by atoms with Gasteiger partial charge in [0.1, 0.15) is 5.78 Å². The second-order valence-corrected chi connectivity index (χ2v) is 12.9. The first-order chi connectivity index (χ1) is 13.7. The standard InChI is InChI=1S/C28H48O/c1-18(2)19(3)10-11-20(4)22-12-13-23-21-17-26(29)25-9-7-8-15-27(25,5)24(21)14-16-28(22,23)6/h18-25H,7-17H2,1-6H3/t19-,20+,21-,22+,23-,24-,25?,27+,28+/m0/s1. The van der Waals surface area contributed by atoms with E-state index in [1.54, 1.807) is 0 Å². The van der Waals surface area contributed by atoms with Crippen LogP contribution in [0.3, 0.4) is 0 Å². The zero-order chi connectivity index (χ0) is 21.0. The van der Waals surface area contributed by atoms with E-state index in [4.69, 9.17) is 0 Å². The molecular formula is C28H48O. The molecule has 0 aromatic heterocycles. The van der Waals surface area contributed by atoms with Crippen LogP contribution in [0.25, 0.3) is 0 Å². The van der Waals surface area contributed by atoms with Crippen molar-refractivity contribution in [2.24, 2.45) is 58.2 Å². The predicted molar refractivity (Wildman–Crippen MR) is 123 cm³/mol. The molecule has 1 heteroatoms. The van der Waals surface area contributed by atoms with Crippen LogP contribution in [-0.4, -0.2) is 5.78 Å². The summed E-state index contributed by atoms with van der Waals surface area (Å²) in [6.07, 6.45) is 14.5. The molecule has 0 spiro atoms. The molecule has 29 heavy (non-hydrogen) atoms. The van der Waals surface area contributed by atoms with E-state index in [-0.39, 0.29) is 0 Å². The first kappa shape index (κ1) is 21.9. The van der Waals surface area contributed by atoms with Gasteiger partial charge in [0.15, 0.2) is 0 Å².